The molecule has 156 valence electrons. The van der Waals surface area contributed by atoms with Crippen molar-refractivity contribution in [2.75, 3.05) is 5.32 Å². The number of hydrogen-bond acceptors (Lipinski definition) is 3. The fourth-order valence-electron chi connectivity index (χ4n) is 3.43. The lowest BCUT2D eigenvalue weighted by molar-refractivity contribution is -0.00217. The highest BCUT2D eigenvalue weighted by atomic mass is 35.5. The predicted octanol–water partition coefficient (Wildman–Crippen LogP) is 4.86. The SMILES string of the molecule is Cc1cccc(Cl)c1NC(=O)NC1(N)CCC(OCc2c(F)cccc2F)CC1. The van der Waals surface area contributed by atoms with Crippen LogP contribution in [-0.4, -0.2) is 17.8 Å². The van der Waals surface area contributed by atoms with Gasteiger partial charge in [-0.15, -0.1) is 0 Å². The molecule has 0 saturated heterocycles. The largest absolute Gasteiger partial charge is 0.373 e. The van der Waals surface area contributed by atoms with Gasteiger partial charge in [0.1, 0.15) is 11.6 Å². The van der Waals surface area contributed by atoms with Gasteiger partial charge in [-0.3, -0.25) is 0 Å². The number of halogens is 3. The minimum absolute atomic E-state index is 0.0790. The second-order valence-electron chi connectivity index (χ2n) is 7.38. The first-order valence-corrected chi connectivity index (χ1v) is 9.83. The maximum Gasteiger partial charge on any atom is 0.320 e. The van der Waals surface area contributed by atoms with Crippen LogP contribution in [0.3, 0.4) is 0 Å². The Morgan fingerprint density at radius 1 is 1.21 bits per heavy atom. The number of benzene rings is 2. The number of carbonyl (C=O) groups excluding carboxylic acids is 1. The van der Waals surface area contributed by atoms with Crippen molar-refractivity contribution in [2.24, 2.45) is 5.73 Å². The molecule has 0 heterocycles. The van der Waals surface area contributed by atoms with Crippen molar-refractivity contribution in [3.8, 4) is 0 Å². The van der Waals surface area contributed by atoms with E-state index in [1.54, 1.807) is 12.1 Å². The van der Waals surface area contributed by atoms with Gasteiger partial charge in [0, 0.05) is 5.56 Å². The molecular formula is C21H24ClF2N3O2. The van der Waals surface area contributed by atoms with E-state index < -0.39 is 23.3 Å². The molecule has 2 aromatic rings. The Bertz CT molecular complexity index is 846. The molecule has 8 heteroatoms. The average Bonchev–Trinajstić information content (AvgIpc) is 2.66. The first-order chi connectivity index (χ1) is 13.8. The molecule has 1 aliphatic rings. The molecular weight excluding hydrogens is 400 g/mol. The molecule has 0 radical (unpaired) electrons. The van der Waals surface area contributed by atoms with Crippen molar-refractivity contribution < 1.29 is 18.3 Å². The maximum atomic E-state index is 13.7. The van der Waals surface area contributed by atoms with E-state index in [-0.39, 0.29) is 18.3 Å². The van der Waals surface area contributed by atoms with Crippen LogP contribution in [0.1, 0.15) is 36.8 Å². The van der Waals surface area contributed by atoms with Crippen molar-refractivity contribution in [1.82, 2.24) is 5.32 Å². The number of hydrogen-bond donors (Lipinski definition) is 3. The Kier molecular flexibility index (Phi) is 6.72. The number of carbonyl (C=O) groups is 1. The number of amides is 2. The summed E-state index contributed by atoms with van der Waals surface area (Å²) in [6.45, 7) is 1.71. The first-order valence-electron chi connectivity index (χ1n) is 9.45. The van der Waals surface area contributed by atoms with E-state index in [1.807, 2.05) is 13.0 Å². The summed E-state index contributed by atoms with van der Waals surface area (Å²) < 4.78 is 33.1. The van der Waals surface area contributed by atoms with Crippen LogP contribution in [0.5, 0.6) is 0 Å². The fraction of sp³-hybridized carbons (Fsp3) is 0.381. The van der Waals surface area contributed by atoms with Gasteiger partial charge in [0.15, 0.2) is 0 Å². The van der Waals surface area contributed by atoms with Crippen LogP contribution in [-0.2, 0) is 11.3 Å². The highest BCUT2D eigenvalue weighted by Crippen LogP contribution is 2.29. The molecule has 29 heavy (non-hydrogen) atoms. The Hall–Kier alpha value is -2.22. The molecule has 4 N–H and O–H groups in total. The molecule has 0 bridgehead atoms. The molecule has 5 nitrogen and oxygen atoms in total. The topological polar surface area (TPSA) is 76.4 Å². The lowest BCUT2D eigenvalue weighted by atomic mass is 9.87. The summed E-state index contributed by atoms with van der Waals surface area (Å²) in [7, 11) is 0. The Morgan fingerprint density at radius 2 is 1.83 bits per heavy atom. The van der Waals surface area contributed by atoms with E-state index in [1.165, 1.54) is 18.2 Å². The number of urea groups is 1. The van der Waals surface area contributed by atoms with Gasteiger partial charge in [0.2, 0.25) is 0 Å². The third kappa shape index (κ3) is 5.44. The van der Waals surface area contributed by atoms with Crippen LogP contribution in [0.15, 0.2) is 36.4 Å². The minimum atomic E-state index is -0.887. The predicted molar refractivity (Wildman–Crippen MR) is 109 cm³/mol. The highest BCUT2D eigenvalue weighted by Gasteiger charge is 2.33. The normalized spacial score (nSPS) is 21.6. The molecule has 1 aliphatic carbocycles. The van der Waals surface area contributed by atoms with E-state index in [0.29, 0.717) is 36.4 Å². The Morgan fingerprint density at radius 3 is 2.45 bits per heavy atom. The number of para-hydroxylation sites is 1. The van der Waals surface area contributed by atoms with Gasteiger partial charge < -0.3 is 21.1 Å². The zero-order valence-electron chi connectivity index (χ0n) is 16.1. The molecule has 2 amide bonds. The number of rotatable bonds is 5. The number of aryl methyl sites for hydroxylation is 1. The summed E-state index contributed by atoms with van der Waals surface area (Å²) in [5, 5.41) is 6.00. The van der Waals surface area contributed by atoms with Gasteiger partial charge >= 0.3 is 6.03 Å². The zero-order valence-corrected chi connectivity index (χ0v) is 16.9. The van der Waals surface area contributed by atoms with E-state index in [9.17, 15) is 13.6 Å². The van der Waals surface area contributed by atoms with E-state index in [4.69, 9.17) is 22.1 Å². The molecule has 0 spiro atoms. The van der Waals surface area contributed by atoms with Crippen molar-refractivity contribution >= 4 is 23.3 Å². The second-order valence-corrected chi connectivity index (χ2v) is 7.78. The van der Waals surface area contributed by atoms with E-state index in [2.05, 4.69) is 10.6 Å². The van der Waals surface area contributed by atoms with Crippen LogP contribution in [0.2, 0.25) is 5.02 Å². The molecule has 0 aromatic heterocycles. The first kappa shape index (κ1) is 21.5. The third-order valence-electron chi connectivity index (χ3n) is 5.17. The smallest absolute Gasteiger partial charge is 0.320 e. The van der Waals surface area contributed by atoms with E-state index in [0.717, 1.165) is 5.56 Å². The van der Waals surface area contributed by atoms with Gasteiger partial charge in [0.05, 0.1) is 29.1 Å². The molecule has 0 aliphatic heterocycles. The van der Waals surface area contributed by atoms with Gasteiger partial charge in [-0.05, 0) is 56.4 Å². The van der Waals surface area contributed by atoms with Crippen molar-refractivity contribution in [3.05, 3.63) is 64.2 Å². The lowest BCUT2D eigenvalue weighted by Gasteiger charge is -2.37. The number of anilines is 1. The molecule has 0 atom stereocenters. The average molecular weight is 424 g/mol. The third-order valence-corrected chi connectivity index (χ3v) is 5.49. The van der Waals surface area contributed by atoms with Crippen LogP contribution in [0.25, 0.3) is 0 Å². The zero-order chi connectivity index (χ0) is 21.0. The quantitative estimate of drug-likeness (QED) is 0.601. The maximum absolute atomic E-state index is 13.7. The standard InChI is InChI=1S/C21H24ClF2N3O2/c1-13-4-2-5-16(22)19(13)26-20(28)27-21(25)10-8-14(9-11-21)29-12-15-17(23)6-3-7-18(15)24/h2-7,14H,8-12,25H2,1H3,(H2,26,27,28). The summed E-state index contributed by atoms with van der Waals surface area (Å²) >= 11 is 6.13. The number of nitrogens with two attached hydrogens (primary N) is 1. The number of nitrogens with one attached hydrogen (secondary N) is 2. The van der Waals surface area contributed by atoms with Crippen LogP contribution >= 0.6 is 11.6 Å². The molecule has 0 unspecified atom stereocenters. The number of ether oxygens (including phenoxy) is 1. The molecule has 2 aromatic carbocycles. The van der Waals surface area contributed by atoms with Crippen molar-refractivity contribution in [1.29, 1.82) is 0 Å². The Labute approximate surface area is 173 Å². The van der Waals surface area contributed by atoms with Gasteiger partial charge in [-0.2, -0.15) is 0 Å². The molecule has 1 saturated carbocycles. The summed E-state index contributed by atoms with van der Waals surface area (Å²) in [5.74, 6) is -1.25. The highest BCUT2D eigenvalue weighted by molar-refractivity contribution is 6.33. The Balaban J connectivity index is 1.50. The van der Waals surface area contributed by atoms with Crippen molar-refractivity contribution in [3.63, 3.8) is 0 Å². The summed E-state index contributed by atoms with van der Waals surface area (Å²) in [5.41, 5.74) is 6.75. The lowest BCUT2D eigenvalue weighted by Crippen LogP contribution is -2.59. The summed E-state index contributed by atoms with van der Waals surface area (Å²) in [6, 6.07) is 8.65. The van der Waals surface area contributed by atoms with Crippen LogP contribution < -0.4 is 16.4 Å². The summed E-state index contributed by atoms with van der Waals surface area (Å²) in [4.78, 5) is 12.4. The summed E-state index contributed by atoms with van der Waals surface area (Å²) in [6.07, 6.45) is 1.91. The van der Waals surface area contributed by atoms with Gasteiger partial charge in [-0.1, -0.05) is 29.8 Å². The second kappa shape index (κ2) is 9.07. The van der Waals surface area contributed by atoms with E-state index >= 15 is 0 Å². The molecule has 3 rings (SSSR count). The van der Waals surface area contributed by atoms with Crippen LogP contribution in [0, 0.1) is 18.6 Å². The monoisotopic (exact) mass is 423 g/mol. The van der Waals surface area contributed by atoms with Gasteiger partial charge in [-0.25, -0.2) is 13.6 Å². The fourth-order valence-corrected chi connectivity index (χ4v) is 3.70. The molecule has 1 fully saturated rings. The van der Waals surface area contributed by atoms with Gasteiger partial charge in [0.25, 0.3) is 0 Å². The van der Waals surface area contributed by atoms with Crippen molar-refractivity contribution in [2.45, 2.75) is 51.0 Å². The minimum Gasteiger partial charge on any atom is -0.373 e. The van der Waals surface area contributed by atoms with Crippen LogP contribution in [0.4, 0.5) is 19.3 Å².